The number of nitrogens with zero attached hydrogens (tertiary/aromatic N) is 3. The van der Waals surface area contributed by atoms with Crippen molar-refractivity contribution in [3.05, 3.63) is 69.8 Å². The average Bonchev–Trinajstić information content (AvgIpc) is 2.82. The molecule has 1 atom stereocenters. The van der Waals surface area contributed by atoms with Gasteiger partial charge in [-0.2, -0.15) is 8.78 Å². The highest BCUT2D eigenvalue weighted by molar-refractivity contribution is 7.91. The van der Waals surface area contributed by atoms with Crippen molar-refractivity contribution in [2.75, 3.05) is 16.8 Å². The molecule has 9 nitrogen and oxygen atoms in total. The first kappa shape index (κ1) is 24.5. The van der Waals surface area contributed by atoms with Gasteiger partial charge in [0.1, 0.15) is 17.8 Å². The number of pyridine rings is 1. The van der Waals surface area contributed by atoms with E-state index in [1.807, 2.05) is 0 Å². The Morgan fingerprint density at radius 2 is 2.00 bits per heavy atom. The van der Waals surface area contributed by atoms with Gasteiger partial charge in [0, 0.05) is 24.2 Å². The summed E-state index contributed by atoms with van der Waals surface area (Å²) >= 11 is 0. The second-order valence-electron chi connectivity index (χ2n) is 8.41. The molecule has 4 rings (SSSR count). The predicted molar refractivity (Wildman–Crippen MR) is 128 cm³/mol. The molecule has 35 heavy (non-hydrogen) atoms. The number of amides is 1. The molecule has 0 fully saturated rings. The summed E-state index contributed by atoms with van der Waals surface area (Å²) in [7, 11) is -1.61. The number of hydrogen-bond donors (Lipinski definition) is 2. The molecule has 1 aromatic carbocycles. The maximum atomic E-state index is 14.1. The molecule has 0 bridgehead atoms. The summed E-state index contributed by atoms with van der Waals surface area (Å²) in [5.41, 5.74) is 5.79. The molecule has 1 unspecified atom stereocenters. The fourth-order valence-electron chi connectivity index (χ4n) is 3.97. The van der Waals surface area contributed by atoms with Gasteiger partial charge in [0.2, 0.25) is 0 Å². The van der Waals surface area contributed by atoms with Crippen molar-refractivity contribution in [1.82, 2.24) is 14.5 Å². The van der Waals surface area contributed by atoms with E-state index >= 15 is 0 Å². The molecule has 1 aliphatic heterocycles. The molecular weight excluding hydrogens is 480 g/mol. The number of aromatic nitrogens is 3. The summed E-state index contributed by atoms with van der Waals surface area (Å²) in [6.45, 7) is 1.73. The fraction of sp³-hybridized carbons (Fsp3) is 0.304. The van der Waals surface area contributed by atoms with Gasteiger partial charge < -0.3 is 11.1 Å². The maximum absolute atomic E-state index is 14.1. The van der Waals surface area contributed by atoms with E-state index in [2.05, 4.69) is 15.3 Å². The third-order valence-electron chi connectivity index (χ3n) is 6.03. The largest absolute Gasteiger partial charge is 0.364 e. The lowest BCUT2D eigenvalue weighted by Gasteiger charge is -2.20. The van der Waals surface area contributed by atoms with E-state index in [-0.39, 0.29) is 23.5 Å². The SMILES string of the molecule is CC(Nc1ncnc2c1cc(C1=CCS(=O)(=O)CC1)c(=O)n2C)c1cccc(C(F)(F)C(N)=O)c1. The van der Waals surface area contributed by atoms with Crippen LogP contribution in [0.5, 0.6) is 0 Å². The van der Waals surface area contributed by atoms with Gasteiger partial charge in [-0.3, -0.25) is 14.2 Å². The van der Waals surface area contributed by atoms with Crippen molar-refractivity contribution < 1.29 is 22.0 Å². The third-order valence-corrected chi connectivity index (χ3v) is 7.53. The molecule has 3 N–H and O–H groups in total. The Balaban J connectivity index is 1.74. The van der Waals surface area contributed by atoms with Crippen LogP contribution in [-0.2, 0) is 27.6 Å². The number of carbonyl (C=O) groups excluding carboxylic acids is 1. The summed E-state index contributed by atoms with van der Waals surface area (Å²) in [6, 6.07) is 6.45. The van der Waals surface area contributed by atoms with E-state index in [0.29, 0.717) is 33.6 Å². The van der Waals surface area contributed by atoms with Crippen LogP contribution in [-0.4, -0.2) is 40.4 Å². The fourth-order valence-corrected chi connectivity index (χ4v) is 5.12. The van der Waals surface area contributed by atoms with Crippen molar-refractivity contribution in [2.45, 2.75) is 25.3 Å². The number of rotatable bonds is 6. The van der Waals surface area contributed by atoms with Crippen LogP contribution in [0.4, 0.5) is 14.6 Å². The number of anilines is 1. The van der Waals surface area contributed by atoms with Crippen LogP contribution in [0.3, 0.4) is 0 Å². The molecule has 3 aromatic rings. The number of alkyl halides is 2. The van der Waals surface area contributed by atoms with Crippen molar-refractivity contribution in [3.63, 3.8) is 0 Å². The van der Waals surface area contributed by atoms with Crippen LogP contribution >= 0.6 is 0 Å². The predicted octanol–water partition coefficient (Wildman–Crippen LogP) is 2.28. The van der Waals surface area contributed by atoms with Gasteiger partial charge >= 0.3 is 5.92 Å². The van der Waals surface area contributed by atoms with Crippen LogP contribution < -0.4 is 16.6 Å². The number of halogens is 2. The van der Waals surface area contributed by atoms with Crippen molar-refractivity contribution >= 4 is 38.2 Å². The molecule has 2 aromatic heterocycles. The molecule has 0 radical (unpaired) electrons. The number of carbonyl (C=O) groups is 1. The lowest BCUT2D eigenvalue weighted by molar-refractivity contribution is -0.143. The van der Waals surface area contributed by atoms with Gasteiger partial charge in [-0.25, -0.2) is 18.4 Å². The number of benzene rings is 1. The quantitative estimate of drug-likeness (QED) is 0.526. The molecular formula is C23H23F2N5O4S. The third kappa shape index (κ3) is 4.65. The molecule has 1 amide bonds. The van der Waals surface area contributed by atoms with E-state index in [1.165, 1.54) is 23.0 Å². The van der Waals surface area contributed by atoms with E-state index in [4.69, 9.17) is 5.73 Å². The Morgan fingerprint density at radius 3 is 2.66 bits per heavy atom. The summed E-state index contributed by atoms with van der Waals surface area (Å²) in [5.74, 6) is -5.37. The Hall–Kier alpha value is -3.67. The molecule has 184 valence electrons. The number of aryl methyl sites for hydroxylation is 1. The number of fused-ring (bicyclic) bond motifs is 1. The number of primary amides is 1. The Bertz CT molecular complexity index is 1530. The van der Waals surface area contributed by atoms with E-state index in [1.54, 1.807) is 32.2 Å². The highest BCUT2D eigenvalue weighted by Gasteiger charge is 2.39. The van der Waals surface area contributed by atoms with E-state index in [9.17, 15) is 26.8 Å². The first-order valence-electron chi connectivity index (χ1n) is 10.7. The first-order chi connectivity index (χ1) is 16.4. The summed E-state index contributed by atoms with van der Waals surface area (Å²) in [4.78, 5) is 32.6. The van der Waals surface area contributed by atoms with Gasteiger partial charge in [-0.15, -0.1) is 0 Å². The van der Waals surface area contributed by atoms with Crippen LogP contribution in [0.1, 0.15) is 36.1 Å². The smallest absolute Gasteiger partial charge is 0.349 e. The molecule has 0 saturated heterocycles. The molecule has 1 aliphatic rings. The topological polar surface area (TPSA) is 137 Å². The highest BCUT2D eigenvalue weighted by Crippen LogP contribution is 2.31. The maximum Gasteiger partial charge on any atom is 0.349 e. The van der Waals surface area contributed by atoms with Crippen LogP contribution in [0, 0.1) is 0 Å². The van der Waals surface area contributed by atoms with Crippen LogP contribution in [0.25, 0.3) is 16.6 Å². The van der Waals surface area contributed by atoms with Gasteiger partial charge in [0.05, 0.1) is 16.9 Å². The summed E-state index contributed by atoms with van der Waals surface area (Å²) in [6.07, 6.45) is 3.04. The minimum Gasteiger partial charge on any atom is -0.364 e. The molecule has 0 aliphatic carbocycles. The lowest BCUT2D eigenvalue weighted by Crippen LogP contribution is -2.33. The van der Waals surface area contributed by atoms with Gasteiger partial charge in [-0.05, 0) is 36.6 Å². The monoisotopic (exact) mass is 503 g/mol. The Morgan fingerprint density at radius 1 is 1.26 bits per heavy atom. The Labute approximate surface area is 199 Å². The molecule has 12 heteroatoms. The number of sulfone groups is 1. The number of allylic oxidation sites excluding steroid dienone is 1. The molecule has 3 heterocycles. The Kier molecular flexibility index (Phi) is 6.18. The van der Waals surface area contributed by atoms with Gasteiger partial charge in [0.15, 0.2) is 9.84 Å². The van der Waals surface area contributed by atoms with Crippen molar-refractivity contribution in [2.24, 2.45) is 12.8 Å². The standard InChI is InChI=1S/C23H23F2N5O4S/c1-13(15-4-3-5-16(10-15)23(24,25)22(26)32)29-19-18-11-17(14-6-8-35(33,34)9-7-14)21(31)30(2)20(18)28-12-27-19/h3-6,10-13H,7-9H2,1-2H3,(H2,26,32)(H,27,28,29). The van der Waals surface area contributed by atoms with Crippen LogP contribution in [0.15, 0.2) is 47.5 Å². The highest BCUT2D eigenvalue weighted by atomic mass is 32.2. The zero-order chi connectivity index (χ0) is 25.5. The second kappa shape index (κ2) is 8.84. The van der Waals surface area contributed by atoms with Crippen molar-refractivity contribution in [3.8, 4) is 0 Å². The second-order valence-corrected chi connectivity index (χ2v) is 10.6. The van der Waals surface area contributed by atoms with Gasteiger partial charge in [0.25, 0.3) is 11.5 Å². The zero-order valence-corrected chi connectivity index (χ0v) is 19.8. The van der Waals surface area contributed by atoms with Crippen LogP contribution in [0.2, 0.25) is 0 Å². The minimum absolute atomic E-state index is 0.0419. The van der Waals surface area contributed by atoms with E-state index in [0.717, 1.165) is 6.07 Å². The summed E-state index contributed by atoms with van der Waals surface area (Å²) < 4.78 is 53.2. The average molecular weight is 504 g/mol. The van der Waals surface area contributed by atoms with Gasteiger partial charge in [-0.1, -0.05) is 24.3 Å². The van der Waals surface area contributed by atoms with Crippen molar-refractivity contribution in [1.29, 1.82) is 0 Å². The number of nitrogens with two attached hydrogens (primary N) is 1. The molecule has 0 saturated carbocycles. The summed E-state index contributed by atoms with van der Waals surface area (Å²) in [5, 5.41) is 3.66. The number of nitrogens with one attached hydrogen (secondary N) is 1. The normalized spacial score (nSPS) is 16.5. The first-order valence-corrected chi connectivity index (χ1v) is 12.5. The molecule has 0 spiro atoms. The lowest BCUT2D eigenvalue weighted by atomic mass is 10.0. The number of hydrogen-bond acceptors (Lipinski definition) is 7. The minimum atomic E-state index is -3.81. The zero-order valence-electron chi connectivity index (χ0n) is 19.0. The van der Waals surface area contributed by atoms with E-state index < -0.39 is 33.3 Å².